The summed E-state index contributed by atoms with van der Waals surface area (Å²) in [6.45, 7) is 0. The summed E-state index contributed by atoms with van der Waals surface area (Å²) in [7, 11) is 0. The molecule has 0 atom stereocenters. The maximum Gasteiger partial charge on any atom is 0.174 e. The molecule has 2 N–H and O–H groups in total. The Balaban J connectivity index is 3.01. The van der Waals surface area contributed by atoms with Crippen molar-refractivity contribution in [1.29, 1.82) is 0 Å². The third-order valence-electron chi connectivity index (χ3n) is 0.822. The van der Waals surface area contributed by atoms with Crippen molar-refractivity contribution in [2.24, 2.45) is 0 Å². The summed E-state index contributed by atoms with van der Waals surface area (Å²) in [6, 6.07) is 0. The van der Waals surface area contributed by atoms with Gasteiger partial charge in [-0.3, -0.25) is 0 Å². The molecule has 1 heterocycles. The molecule has 0 aliphatic carbocycles. The Labute approximate surface area is 57.7 Å². The standard InChI is InChI=1S/C4H6N2S2/c7-2-3-1-5-4(8)6-3/h1,7H,2H2,(H2,5,6,8). The van der Waals surface area contributed by atoms with Gasteiger partial charge in [0.05, 0.1) is 0 Å². The number of aromatic nitrogens is 2. The van der Waals surface area contributed by atoms with Crippen LogP contribution in [0.4, 0.5) is 0 Å². The topological polar surface area (TPSA) is 31.6 Å². The first-order valence-electron chi connectivity index (χ1n) is 2.20. The Kier molecular flexibility index (Phi) is 1.75. The quantitative estimate of drug-likeness (QED) is 0.407. The van der Waals surface area contributed by atoms with Gasteiger partial charge in [0, 0.05) is 17.6 Å². The van der Waals surface area contributed by atoms with Crippen LogP contribution in [0, 0.1) is 4.77 Å². The molecule has 0 radical (unpaired) electrons. The predicted molar refractivity (Wildman–Crippen MR) is 38.7 cm³/mol. The van der Waals surface area contributed by atoms with Gasteiger partial charge >= 0.3 is 0 Å². The number of H-pyrrole nitrogens is 2. The molecule has 4 heteroatoms. The fourth-order valence-corrected chi connectivity index (χ4v) is 0.816. The summed E-state index contributed by atoms with van der Waals surface area (Å²) in [5.74, 6) is 0.702. The summed E-state index contributed by atoms with van der Waals surface area (Å²) in [6.07, 6.45) is 1.81. The molecule has 1 aromatic heterocycles. The van der Waals surface area contributed by atoms with Crippen molar-refractivity contribution in [1.82, 2.24) is 9.97 Å². The first-order valence-corrected chi connectivity index (χ1v) is 3.24. The Morgan fingerprint density at radius 1 is 1.75 bits per heavy atom. The van der Waals surface area contributed by atoms with Crippen LogP contribution in [-0.2, 0) is 5.75 Å². The Hall–Kier alpha value is -0.220. The molecule has 0 saturated carbocycles. The van der Waals surface area contributed by atoms with Crippen LogP contribution < -0.4 is 0 Å². The molecule has 0 saturated heterocycles. The summed E-state index contributed by atoms with van der Waals surface area (Å²) in [4.78, 5) is 5.74. The van der Waals surface area contributed by atoms with E-state index in [1.807, 2.05) is 6.20 Å². The highest BCUT2D eigenvalue weighted by Crippen LogP contribution is 1.95. The number of hydrogen-bond acceptors (Lipinski definition) is 2. The first kappa shape index (κ1) is 5.91. The molecule has 0 bridgehead atoms. The van der Waals surface area contributed by atoms with Gasteiger partial charge in [-0.2, -0.15) is 12.6 Å². The Morgan fingerprint density at radius 3 is 2.75 bits per heavy atom. The number of aromatic amines is 2. The van der Waals surface area contributed by atoms with Crippen LogP contribution in [0.2, 0.25) is 0 Å². The smallest absolute Gasteiger partial charge is 0.174 e. The molecule has 44 valence electrons. The van der Waals surface area contributed by atoms with Crippen molar-refractivity contribution >= 4 is 24.8 Å². The number of thiol groups is 1. The predicted octanol–water partition coefficient (Wildman–Crippen LogP) is 1.50. The molecule has 0 amide bonds. The van der Waals surface area contributed by atoms with Crippen molar-refractivity contribution in [3.05, 3.63) is 16.7 Å². The maximum atomic E-state index is 4.75. The minimum atomic E-state index is 0.661. The Bertz CT molecular complexity index is 212. The van der Waals surface area contributed by atoms with E-state index in [4.69, 9.17) is 12.2 Å². The van der Waals surface area contributed by atoms with E-state index in [1.54, 1.807) is 0 Å². The Morgan fingerprint density at radius 2 is 2.50 bits per heavy atom. The molecule has 8 heavy (non-hydrogen) atoms. The van der Waals surface area contributed by atoms with Crippen molar-refractivity contribution in [2.45, 2.75) is 5.75 Å². The summed E-state index contributed by atoms with van der Waals surface area (Å²) >= 11 is 8.78. The molecule has 2 nitrogen and oxygen atoms in total. The van der Waals surface area contributed by atoms with Crippen molar-refractivity contribution in [2.75, 3.05) is 0 Å². The molecule has 0 unspecified atom stereocenters. The zero-order valence-corrected chi connectivity index (χ0v) is 5.85. The second-order valence-corrected chi connectivity index (χ2v) is 2.15. The van der Waals surface area contributed by atoms with E-state index in [0.29, 0.717) is 10.5 Å². The van der Waals surface area contributed by atoms with Crippen LogP contribution >= 0.6 is 24.8 Å². The van der Waals surface area contributed by atoms with Gasteiger partial charge in [0.1, 0.15) is 0 Å². The lowest BCUT2D eigenvalue weighted by Gasteiger charge is -1.79. The third kappa shape index (κ3) is 1.14. The normalized spacial score (nSPS) is 9.62. The van der Waals surface area contributed by atoms with Gasteiger partial charge in [-0.05, 0) is 12.2 Å². The van der Waals surface area contributed by atoms with Crippen molar-refractivity contribution in [3.8, 4) is 0 Å². The van der Waals surface area contributed by atoms with E-state index < -0.39 is 0 Å². The molecule has 0 spiro atoms. The lowest BCUT2D eigenvalue weighted by Crippen LogP contribution is -1.71. The van der Waals surface area contributed by atoms with E-state index in [9.17, 15) is 0 Å². The van der Waals surface area contributed by atoms with E-state index in [0.717, 1.165) is 5.69 Å². The van der Waals surface area contributed by atoms with Crippen LogP contribution in [0.1, 0.15) is 5.69 Å². The SMILES string of the molecule is S=c1[nH]cc(CS)[nH]1. The number of rotatable bonds is 1. The number of nitrogens with one attached hydrogen (secondary N) is 2. The van der Waals surface area contributed by atoms with E-state index >= 15 is 0 Å². The second kappa shape index (κ2) is 2.37. The van der Waals surface area contributed by atoms with Crippen LogP contribution in [0.3, 0.4) is 0 Å². The van der Waals surface area contributed by atoms with E-state index in [-0.39, 0.29) is 0 Å². The zero-order chi connectivity index (χ0) is 5.98. The highest BCUT2D eigenvalue weighted by Gasteiger charge is 1.85. The zero-order valence-electron chi connectivity index (χ0n) is 4.14. The van der Waals surface area contributed by atoms with Crippen LogP contribution in [0.25, 0.3) is 0 Å². The van der Waals surface area contributed by atoms with Crippen molar-refractivity contribution < 1.29 is 0 Å². The van der Waals surface area contributed by atoms with Gasteiger partial charge in [-0.15, -0.1) is 0 Å². The van der Waals surface area contributed by atoms with Gasteiger partial charge in [-0.1, -0.05) is 0 Å². The van der Waals surface area contributed by atoms with Gasteiger partial charge in [0.15, 0.2) is 4.77 Å². The molecule has 0 aliphatic rings. The summed E-state index contributed by atoms with van der Waals surface area (Å²) in [5, 5.41) is 0. The molecular formula is C4H6N2S2. The van der Waals surface area contributed by atoms with Gasteiger partial charge in [0.25, 0.3) is 0 Å². The maximum absolute atomic E-state index is 4.75. The molecule has 1 aromatic rings. The van der Waals surface area contributed by atoms with Crippen LogP contribution in [0.15, 0.2) is 6.20 Å². The molecule has 0 aromatic carbocycles. The minimum absolute atomic E-state index is 0.661. The molecule has 0 fully saturated rings. The summed E-state index contributed by atoms with van der Waals surface area (Å²) in [5.41, 5.74) is 1.03. The minimum Gasteiger partial charge on any atom is -0.337 e. The molecule has 1 rings (SSSR count). The summed E-state index contributed by atoms with van der Waals surface area (Å²) < 4.78 is 0.661. The largest absolute Gasteiger partial charge is 0.337 e. The highest BCUT2D eigenvalue weighted by molar-refractivity contribution is 7.79. The third-order valence-corrected chi connectivity index (χ3v) is 1.38. The molecular weight excluding hydrogens is 140 g/mol. The number of hydrogen-bond donors (Lipinski definition) is 3. The van der Waals surface area contributed by atoms with Crippen LogP contribution in [0.5, 0.6) is 0 Å². The average molecular weight is 146 g/mol. The highest BCUT2D eigenvalue weighted by atomic mass is 32.1. The van der Waals surface area contributed by atoms with Gasteiger partial charge in [0.2, 0.25) is 0 Å². The van der Waals surface area contributed by atoms with E-state index in [1.165, 1.54) is 0 Å². The van der Waals surface area contributed by atoms with Gasteiger partial charge in [-0.25, -0.2) is 0 Å². The fourth-order valence-electron chi connectivity index (χ4n) is 0.456. The lowest BCUT2D eigenvalue weighted by atomic mass is 10.6. The molecule has 0 aliphatic heterocycles. The second-order valence-electron chi connectivity index (χ2n) is 1.43. The van der Waals surface area contributed by atoms with E-state index in [2.05, 4.69) is 22.6 Å². The van der Waals surface area contributed by atoms with Gasteiger partial charge < -0.3 is 9.97 Å². The number of imidazole rings is 1. The average Bonchev–Trinajstić information content (AvgIpc) is 2.14. The van der Waals surface area contributed by atoms with Crippen LogP contribution in [-0.4, -0.2) is 9.97 Å². The lowest BCUT2D eigenvalue weighted by molar-refractivity contribution is 1.21. The fraction of sp³-hybridized carbons (Fsp3) is 0.250. The monoisotopic (exact) mass is 146 g/mol. The van der Waals surface area contributed by atoms with Crippen molar-refractivity contribution in [3.63, 3.8) is 0 Å². The first-order chi connectivity index (χ1) is 3.83.